The molecule has 1 fully saturated rings. The predicted molar refractivity (Wildman–Crippen MR) is 64.2 cm³/mol. The van der Waals surface area contributed by atoms with Gasteiger partial charge in [0.2, 0.25) is 0 Å². The van der Waals surface area contributed by atoms with Crippen molar-refractivity contribution >= 4 is 5.82 Å². The van der Waals surface area contributed by atoms with Gasteiger partial charge in [-0.3, -0.25) is 0 Å². The zero-order valence-electron chi connectivity index (χ0n) is 10.4. The molecule has 19 heavy (non-hydrogen) atoms. The molecule has 1 aromatic heterocycles. The van der Waals surface area contributed by atoms with Gasteiger partial charge >= 0.3 is 6.18 Å². The van der Waals surface area contributed by atoms with Crippen molar-refractivity contribution in [1.29, 1.82) is 0 Å². The van der Waals surface area contributed by atoms with Crippen molar-refractivity contribution in [3.05, 3.63) is 24.1 Å². The third-order valence-corrected chi connectivity index (χ3v) is 3.61. The molecule has 2 nitrogen and oxygen atoms in total. The highest BCUT2D eigenvalue weighted by molar-refractivity contribution is 5.33. The first-order valence-electron chi connectivity index (χ1n) is 6.37. The molecule has 106 valence electrons. The van der Waals surface area contributed by atoms with Crippen LogP contribution in [0.4, 0.5) is 23.4 Å². The number of rotatable bonds is 3. The van der Waals surface area contributed by atoms with Gasteiger partial charge in [0.1, 0.15) is 11.6 Å². The highest BCUT2D eigenvalue weighted by atomic mass is 19.4. The molecule has 0 radical (unpaired) electrons. The van der Waals surface area contributed by atoms with Crippen LogP contribution in [0.5, 0.6) is 0 Å². The second-order valence-corrected chi connectivity index (χ2v) is 5.00. The van der Waals surface area contributed by atoms with Gasteiger partial charge in [0, 0.05) is 6.54 Å². The molecule has 1 aliphatic carbocycles. The van der Waals surface area contributed by atoms with Crippen molar-refractivity contribution in [1.82, 2.24) is 4.98 Å². The molecule has 0 amide bonds. The summed E-state index contributed by atoms with van der Waals surface area (Å²) in [5.41, 5.74) is 0. The zero-order chi connectivity index (χ0) is 13.9. The Bertz CT molecular complexity index is 394. The molecule has 1 saturated carbocycles. The van der Waals surface area contributed by atoms with E-state index in [1.165, 1.54) is 12.1 Å². The van der Waals surface area contributed by atoms with Crippen LogP contribution in [-0.2, 0) is 0 Å². The fourth-order valence-corrected chi connectivity index (χ4v) is 2.42. The Hall–Kier alpha value is -1.33. The van der Waals surface area contributed by atoms with Crippen molar-refractivity contribution in [2.45, 2.75) is 31.9 Å². The standard InChI is InChI=1S/C13H16F4N2/c14-11-5-6-12(19-8-11)18-7-9-1-3-10(4-2-9)13(15,16)17/h5-6,8-10H,1-4,7H2,(H,18,19). The second kappa shape index (κ2) is 5.75. The first kappa shape index (κ1) is 14.1. The highest BCUT2D eigenvalue weighted by Crippen LogP contribution is 2.39. The molecule has 0 unspecified atom stereocenters. The first-order chi connectivity index (χ1) is 8.95. The van der Waals surface area contributed by atoms with Gasteiger partial charge in [0.25, 0.3) is 0 Å². The number of pyridine rings is 1. The van der Waals surface area contributed by atoms with E-state index in [2.05, 4.69) is 10.3 Å². The number of nitrogens with zero attached hydrogens (tertiary/aromatic N) is 1. The van der Waals surface area contributed by atoms with Crippen LogP contribution < -0.4 is 5.32 Å². The third kappa shape index (κ3) is 4.08. The first-order valence-corrected chi connectivity index (χ1v) is 6.37. The van der Waals surface area contributed by atoms with Gasteiger partial charge in [-0.1, -0.05) is 0 Å². The summed E-state index contributed by atoms with van der Waals surface area (Å²) in [6.45, 7) is 0.587. The highest BCUT2D eigenvalue weighted by Gasteiger charge is 2.41. The van der Waals surface area contributed by atoms with Crippen LogP contribution in [0.25, 0.3) is 0 Å². The van der Waals surface area contributed by atoms with Crippen molar-refractivity contribution in [2.75, 3.05) is 11.9 Å². The largest absolute Gasteiger partial charge is 0.391 e. The quantitative estimate of drug-likeness (QED) is 0.844. The number of alkyl halides is 3. The Balaban J connectivity index is 1.75. The van der Waals surface area contributed by atoms with Gasteiger partial charge in [0.05, 0.1) is 12.1 Å². The van der Waals surface area contributed by atoms with Gasteiger partial charge in [-0.15, -0.1) is 0 Å². The Kier molecular flexibility index (Phi) is 4.27. The summed E-state index contributed by atoms with van der Waals surface area (Å²) in [6, 6.07) is 2.83. The van der Waals surface area contributed by atoms with Gasteiger partial charge in [-0.25, -0.2) is 9.37 Å². The normalized spacial score (nSPS) is 24.2. The molecule has 0 spiro atoms. The Labute approximate surface area is 109 Å². The average Bonchev–Trinajstić information content (AvgIpc) is 2.37. The lowest BCUT2D eigenvalue weighted by molar-refractivity contribution is -0.183. The number of halogens is 4. The molecule has 1 N–H and O–H groups in total. The van der Waals surface area contributed by atoms with Gasteiger partial charge < -0.3 is 5.32 Å². The lowest BCUT2D eigenvalue weighted by Crippen LogP contribution is -2.29. The van der Waals surface area contributed by atoms with Crippen molar-refractivity contribution in [3.8, 4) is 0 Å². The molecule has 2 rings (SSSR count). The number of nitrogens with one attached hydrogen (secondary N) is 1. The molecule has 1 heterocycles. The fourth-order valence-electron chi connectivity index (χ4n) is 2.42. The minimum Gasteiger partial charge on any atom is -0.370 e. The van der Waals surface area contributed by atoms with E-state index < -0.39 is 17.9 Å². The molecule has 0 bridgehead atoms. The lowest BCUT2D eigenvalue weighted by Gasteiger charge is -2.29. The minimum absolute atomic E-state index is 0.201. The topological polar surface area (TPSA) is 24.9 Å². The Morgan fingerprint density at radius 1 is 1.16 bits per heavy atom. The summed E-state index contributed by atoms with van der Waals surface area (Å²) in [4.78, 5) is 3.85. The number of aromatic nitrogens is 1. The van der Waals surface area contributed by atoms with Crippen LogP contribution in [0, 0.1) is 17.7 Å². The monoisotopic (exact) mass is 276 g/mol. The molecular weight excluding hydrogens is 260 g/mol. The lowest BCUT2D eigenvalue weighted by atomic mass is 9.81. The number of anilines is 1. The third-order valence-electron chi connectivity index (χ3n) is 3.61. The minimum atomic E-state index is -4.06. The summed E-state index contributed by atoms with van der Waals surface area (Å²) in [6.07, 6.45) is -1.41. The van der Waals surface area contributed by atoms with Gasteiger partial charge in [-0.2, -0.15) is 13.2 Å². The summed E-state index contributed by atoms with van der Waals surface area (Å²) in [5.74, 6) is -0.770. The molecule has 0 aromatic carbocycles. The van der Waals surface area contributed by atoms with E-state index in [0.29, 0.717) is 25.2 Å². The zero-order valence-corrected chi connectivity index (χ0v) is 10.4. The maximum atomic E-state index is 12.6. The van der Waals surface area contributed by atoms with Crippen LogP contribution in [0.3, 0.4) is 0 Å². The molecular formula is C13H16F4N2. The van der Waals surface area contributed by atoms with E-state index in [9.17, 15) is 17.6 Å². The average molecular weight is 276 g/mol. The van der Waals surface area contributed by atoms with Crippen molar-refractivity contribution in [2.24, 2.45) is 11.8 Å². The summed E-state index contributed by atoms with van der Waals surface area (Å²) >= 11 is 0. The van der Waals surface area contributed by atoms with E-state index in [1.807, 2.05) is 0 Å². The van der Waals surface area contributed by atoms with Crippen LogP contribution in [-0.4, -0.2) is 17.7 Å². The summed E-state index contributed by atoms with van der Waals surface area (Å²) < 4.78 is 50.1. The summed E-state index contributed by atoms with van der Waals surface area (Å²) in [7, 11) is 0. The van der Waals surface area contributed by atoms with E-state index in [-0.39, 0.29) is 18.8 Å². The van der Waals surface area contributed by atoms with Gasteiger partial charge in [-0.05, 0) is 43.7 Å². The van der Waals surface area contributed by atoms with Crippen molar-refractivity contribution < 1.29 is 17.6 Å². The molecule has 1 aromatic rings. The SMILES string of the molecule is Fc1ccc(NCC2CCC(C(F)(F)F)CC2)nc1. The Morgan fingerprint density at radius 3 is 2.37 bits per heavy atom. The maximum Gasteiger partial charge on any atom is 0.391 e. The second-order valence-electron chi connectivity index (χ2n) is 5.00. The molecule has 6 heteroatoms. The maximum absolute atomic E-state index is 12.6. The summed E-state index contributed by atoms with van der Waals surface area (Å²) in [5, 5.41) is 3.04. The van der Waals surface area contributed by atoms with Crippen LogP contribution in [0.2, 0.25) is 0 Å². The van der Waals surface area contributed by atoms with E-state index in [1.54, 1.807) is 0 Å². The fraction of sp³-hybridized carbons (Fsp3) is 0.615. The predicted octanol–water partition coefficient (Wildman–Crippen LogP) is 4.00. The van der Waals surface area contributed by atoms with Crippen LogP contribution >= 0.6 is 0 Å². The van der Waals surface area contributed by atoms with Crippen LogP contribution in [0.15, 0.2) is 18.3 Å². The van der Waals surface area contributed by atoms with Crippen molar-refractivity contribution in [3.63, 3.8) is 0 Å². The smallest absolute Gasteiger partial charge is 0.370 e. The Morgan fingerprint density at radius 2 is 1.84 bits per heavy atom. The van der Waals surface area contributed by atoms with E-state index >= 15 is 0 Å². The van der Waals surface area contributed by atoms with E-state index in [4.69, 9.17) is 0 Å². The van der Waals surface area contributed by atoms with Gasteiger partial charge in [0.15, 0.2) is 0 Å². The van der Waals surface area contributed by atoms with E-state index in [0.717, 1.165) is 6.20 Å². The van der Waals surface area contributed by atoms with Crippen LogP contribution in [0.1, 0.15) is 25.7 Å². The number of hydrogen-bond donors (Lipinski definition) is 1. The molecule has 0 saturated heterocycles. The molecule has 1 aliphatic rings. The number of hydrogen-bond acceptors (Lipinski definition) is 2. The molecule has 0 atom stereocenters. The molecule has 0 aliphatic heterocycles.